The van der Waals surface area contributed by atoms with E-state index in [2.05, 4.69) is 5.32 Å². The van der Waals surface area contributed by atoms with E-state index in [0.29, 0.717) is 13.2 Å². The van der Waals surface area contributed by atoms with Gasteiger partial charge in [-0.1, -0.05) is 30.3 Å². The number of hydrogen-bond donors (Lipinski definition) is 1. The third-order valence-corrected chi connectivity index (χ3v) is 2.77. The van der Waals surface area contributed by atoms with Gasteiger partial charge in [-0.05, 0) is 12.0 Å². The van der Waals surface area contributed by atoms with Crippen molar-refractivity contribution in [1.29, 1.82) is 0 Å². The highest BCUT2D eigenvalue weighted by molar-refractivity contribution is 5.76. The molecule has 0 unspecified atom stereocenters. The van der Waals surface area contributed by atoms with Crippen LogP contribution in [0.15, 0.2) is 30.3 Å². The molecule has 0 aliphatic carbocycles. The van der Waals surface area contributed by atoms with E-state index in [1.54, 1.807) is 0 Å². The Hall–Kier alpha value is -1.55. The van der Waals surface area contributed by atoms with Crippen LogP contribution in [0.1, 0.15) is 12.0 Å². The van der Waals surface area contributed by atoms with Crippen molar-refractivity contribution >= 4 is 6.03 Å². The third-order valence-electron chi connectivity index (χ3n) is 2.77. The molecular formula is C13H18N2O2. The van der Waals surface area contributed by atoms with Crippen LogP contribution in [0.25, 0.3) is 0 Å². The summed E-state index contributed by atoms with van der Waals surface area (Å²) in [5.41, 5.74) is 1.19. The number of carbonyl (C=O) groups excluding carboxylic acids is 1. The maximum absolute atomic E-state index is 11.2. The molecule has 0 spiro atoms. The van der Waals surface area contributed by atoms with Crippen LogP contribution in [-0.4, -0.2) is 37.2 Å². The van der Waals surface area contributed by atoms with Gasteiger partial charge in [0.15, 0.2) is 0 Å². The summed E-state index contributed by atoms with van der Waals surface area (Å²) in [6.45, 7) is 3.70. The van der Waals surface area contributed by atoms with Crippen molar-refractivity contribution in [3.05, 3.63) is 35.9 Å². The lowest BCUT2D eigenvalue weighted by Crippen LogP contribution is -2.29. The molecule has 92 valence electrons. The second-order valence-corrected chi connectivity index (χ2v) is 4.11. The molecule has 1 N–H and O–H groups in total. The highest BCUT2D eigenvalue weighted by Crippen LogP contribution is 2.02. The quantitative estimate of drug-likeness (QED) is 0.760. The second kappa shape index (κ2) is 6.25. The summed E-state index contributed by atoms with van der Waals surface area (Å²) >= 11 is 0. The van der Waals surface area contributed by atoms with E-state index in [1.807, 2.05) is 35.2 Å². The first-order valence-electron chi connectivity index (χ1n) is 6.01. The molecule has 17 heavy (non-hydrogen) atoms. The Morgan fingerprint density at radius 2 is 2.12 bits per heavy atom. The van der Waals surface area contributed by atoms with Crippen molar-refractivity contribution in [3.8, 4) is 0 Å². The molecule has 0 bridgehead atoms. The lowest BCUT2D eigenvalue weighted by molar-refractivity contribution is 0.112. The summed E-state index contributed by atoms with van der Waals surface area (Å²) < 4.78 is 5.56. The monoisotopic (exact) mass is 234 g/mol. The van der Waals surface area contributed by atoms with E-state index in [4.69, 9.17) is 4.74 Å². The van der Waals surface area contributed by atoms with Gasteiger partial charge in [-0.15, -0.1) is 0 Å². The number of amides is 2. The molecule has 1 fully saturated rings. The van der Waals surface area contributed by atoms with E-state index in [-0.39, 0.29) is 6.03 Å². The SMILES string of the molecule is O=C1NCCN1CCCOCc1ccccc1. The minimum absolute atomic E-state index is 0.0491. The summed E-state index contributed by atoms with van der Waals surface area (Å²) in [5, 5.41) is 2.78. The van der Waals surface area contributed by atoms with Gasteiger partial charge in [-0.2, -0.15) is 0 Å². The number of hydrogen-bond acceptors (Lipinski definition) is 2. The molecule has 4 nitrogen and oxygen atoms in total. The Morgan fingerprint density at radius 3 is 2.82 bits per heavy atom. The third kappa shape index (κ3) is 3.75. The zero-order valence-corrected chi connectivity index (χ0v) is 9.89. The highest BCUT2D eigenvalue weighted by Gasteiger charge is 2.17. The van der Waals surface area contributed by atoms with Crippen LogP contribution in [0.2, 0.25) is 0 Å². The van der Waals surface area contributed by atoms with Gasteiger partial charge < -0.3 is 15.0 Å². The van der Waals surface area contributed by atoms with Gasteiger partial charge in [0.1, 0.15) is 0 Å². The standard InChI is InChI=1S/C13H18N2O2/c16-13-14-7-9-15(13)8-4-10-17-11-12-5-2-1-3-6-12/h1-3,5-6H,4,7-11H2,(H,14,16). The Bertz CT molecular complexity index is 354. The molecule has 0 saturated carbocycles. The summed E-state index contributed by atoms with van der Waals surface area (Å²) in [6, 6.07) is 10.2. The number of urea groups is 1. The molecule has 2 amide bonds. The van der Waals surface area contributed by atoms with Gasteiger partial charge in [-0.3, -0.25) is 0 Å². The summed E-state index contributed by atoms with van der Waals surface area (Å²) in [5.74, 6) is 0. The molecular weight excluding hydrogens is 216 g/mol. The Labute approximate surface area is 102 Å². The normalized spacial score (nSPS) is 15.1. The maximum Gasteiger partial charge on any atom is 0.317 e. The molecule has 1 aliphatic rings. The molecule has 2 rings (SSSR count). The maximum atomic E-state index is 11.2. The Balaban J connectivity index is 1.56. The summed E-state index contributed by atoms with van der Waals surface area (Å²) in [6.07, 6.45) is 0.889. The first-order valence-corrected chi connectivity index (χ1v) is 6.01. The fourth-order valence-electron chi connectivity index (χ4n) is 1.85. The fraction of sp³-hybridized carbons (Fsp3) is 0.462. The summed E-state index contributed by atoms with van der Waals surface area (Å²) in [7, 11) is 0. The van der Waals surface area contributed by atoms with Gasteiger partial charge in [0.25, 0.3) is 0 Å². The lowest BCUT2D eigenvalue weighted by atomic mass is 10.2. The molecule has 1 aromatic carbocycles. The second-order valence-electron chi connectivity index (χ2n) is 4.11. The largest absolute Gasteiger partial charge is 0.377 e. The fourth-order valence-corrected chi connectivity index (χ4v) is 1.85. The first-order chi connectivity index (χ1) is 8.36. The molecule has 1 heterocycles. The first kappa shape index (κ1) is 11.9. The highest BCUT2D eigenvalue weighted by atomic mass is 16.5. The van der Waals surface area contributed by atoms with Gasteiger partial charge in [-0.25, -0.2) is 4.79 Å². The van der Waals surface area contributed by atoms with Crippen LogP contribution < -0.4 is 5.32 Å². The van der Waals surface area contributed by atoms with Crippen molar-refractivity contribution in [2.75, 3.05) is 26.2 Å². The van der Waals surface area contributed by atoms with E-state index in [0.717, 1.165) is 26.1 Å². The summed E-state index contributed by atoms with van der Waals surface area (Å²) in [4.78, 5) is 13.1. The number of ether oxygens (including phenoxy) is 1. The van der Waals surface area contributed by atoms with Gasteiger partial charge >= 0.3 is 6.03 Å². The number of nitrogens with one attached hydrogen (secondary N) is 1. The van der Waals surface area contributed by atoms with Gasteiger partial charge in [0, 0.05) is 26.2 Å². The van der Waals surface area contributed by atoms with Gasteiger partial charge in [0.05, 0.1) is 6.61 Å². The zero-order chi connectivity index (χ0) is 11.9. The molecule has 1 saturated heterocycles. The van der Waals surface area contributed by atoms with Crippen molar-refractivity contribution < 1.29 is 9.53 Å². The van der Waals surface area contributed by atoms with E-state index >= 15 is 0 Å². The minimum atomic E-state index is 0.0491. The number of nitrogens with zero attached hydrogens (tertiary/aromatic N) is 1. The Kier molecular flexibility index (Phi) is 4.38. The number of benzene rings is 1. The molecule has 0 radical (unpaired) electrons. The smallest absolute Gasteiger partial charge is 0.317 e. The molecule has 0 atom stereocenters. The van der Waals surface area contributed by atoms with Crippen LogP contribution in [0, 0.1) is 0 Å². The molecule has 0 aromatic heterocycles. The zero-order valence-electron chi connectivity index (χ0n) is 9.89. The number of carbonyl (C=O) groups is 1. The van der Waals surface area contributed by atoms with Crippen LogP contribution in [0.5, 0.6) is 0 Å². The van der Waals surface area contributed by atoms with Gasteiger partial charge in [0.2, 0.25) is 0 Å². The Morgan fingerprint density at radius 1 is 1.29 bits per heavy atom. The van der Waals surface area contributed by atoms with Crippen LogP contribution in [0.3, 0.4) is 0 Å². The predicted molar refractivity (Wildman–Crippen MR) is 65.7 cm³/mol. The predicted octanol–water partition coefficient (Wildman–Crippen LogP) is 1.62. The van der Waals surface area contributed by atoms with Crippen molar-refractivity contribution in [1.82, 2.24) is 10.2 Å². The molecule has 4 heteroatoms. The van der Waals surface area contributed by atoms with E-state index in [9.17, 15) is 4.79 Å². The average molecular weight is 234 g/mol. The van der Waals surface area contributed by atoms with Crippen molar-refractivity contribution in [2.45, 2.75) is 13.0 Å². The number of rotatable bonds is 6. The van der Waals surface area contributed by atoms with E-state index in [1.165, 1.54) is 5.56 Å². The van der Waals surface area contributed by atoms with Crippen LogP contribution in [-0.2, 0) is 11.3 Å². The average Bonchev–Trinajstić information content (AvgIpc) is 2.76. The van der Waals surface area contributed by atoms with E-state index < -0.39 is 0 Å². The minimum Gasteiger partial charge on any atom is -0.377 e. The van der Waals surface area contributed by atoms with Crippen molar-refractivity contribution in [3.63, 3.8) is 0 Å². The molecule has 1 aliphatic heterocycles. The topological polar surface area (TPSA) is 41.6 Å². The lowest BCUT2D eigenvalue weighted by Gasteiger charge is -2.13. The van der Waals surface area contributed by atoms with Crippen LogP contribution >= 0.6 is 0 Å². The van der Waals surface area contributed by atoms with Crippen LogP contribution in [0.4, 0.5) is 4.79 Å². The van der Waals surface area contributed by atoms with Crippen molar-refractivity contribution in [2.24, 2.45) is 0 Å². The molecule has 1 aromatic rings.